The Bertz CT molecular complexity index is 1320. The molecule has 3 aromatic heterocycles. The van der Waals surface area contributed by atoms with Crippen LogP contribution in [0.25, 0.3) is 44.7 Å². The van der Waals surface area contributed by atoms with E-state index in [0.29, 0.717) is 5.52 Å². The number of aromatic hydroxyl groups is 1. The van der Waals surface area contributed by atoms with Crippen molar-refractivity contribution < 1.29 is 5.11 Å². The molecular weight excluding hydrogens is 360 g/mol. The third-order valence-electron chi connectivity index (χ3n) is 4.78. The van der Waals surface area contributed by atoms with Crippen LogP contribution in [0.1, 0.15) is 0 Å². The molecule has 0 fully saturated rings. The highest BCUT2D eigenvalue weighted by Crippen LogP contribution is 2.29. The third kappa shape index (κ3) is 3.30. The third-order valence-corrected chi connectivity index (χ3v) is 4.78. The quantitative estimate of drug-likeness (QED) is 0.473. The largest absolute Gasteiger partial charge is 0.506 e. The Labute approximate surface area is 167 Å². The van der Waals surface area contributed by atoms with Gasteiger partial charge in [-0.25, -0.2) is 15.0 Å². The van der Waals surface area contributed by atoms with Crippen LogP contribution < -0.4 is 0 Å². The van der Waals surface area contributed by atoms with E-state index in [1.54, 1.807) is 24.8 Å². The first-order valence-electron chi connectivity index (χ1n) is 9.20. The van der Waals surface area contributed by atoms with E-state index >= 15 is 0 Å². The van der Waals surface area contributed by atoms with E-state index in [2.05, 4.69) is 19.9 Å². The molecular formula is C24H16N4O. The first-order valence-corrected chi connectivity index (χ1v) is 9.20. The Morgan fingerprint density at radius 3 is 2.24 bits per heavy atom. The summed E-state index contributed by atoms with van der Waals surface area (Å²) in [6.07, 6.45) is 5.09. The zero-order chi connectivity index (χ0) is 19.6. The van der Waals surface area contributed by atoms with Crippen LogP contribution in [-0.4, -0.2) is 25.0 Å². The van der Waals surface area contributed by atoms with E-state index < -0.39 is 0 Å². The van der Waals surface area contributed by atoms with Crippen molar-refractivity contribution in [3.63, 3.8) is 0 Å². The van der Waals surface area contributed by atoms with Gasteiger partial charge in [0.1, 0.15) is 17.6 Å². The highest BCUT2D eigenvalue weighted by atomic mass is 16.3. The molecule has 5 heteroatoms. The van der Waals surface area contributed by atoms with Gasteiger partial charge in [-0.3, -0.25) is 4.98 Å². The SMILES string of the molecule is Oc1cccc2ccc(-c3cccc(-c4cc(-c5cccnc5)ncn4)c3)nc12. The maximum atomic E-state index is 10.1. The molecule has 5 rings (SSSR count). The zero-order valence-electron chi connectivity index (χ0n) is 15.4. The Hall–Kier alpha value is -4.12. The minimum atomic E-state index is 0.178. The van der Waals surface area contributed by atoms with Gasteiger partial charge in [-0.05, 0) is 36.4 Å². The summed E-state index contributed by atoms with van der Waals surface area (Å²) in [5.74, 6) is 0.178. The lowest BCUT2D eigenvalue weighted by Crippen LogP contribution is -1.91. The summed E-state index contributed by atoms with van der Waals surface area (Å²) in [6, 6.07) is 23.2. The minimum absolute atomic E-state index is 0.178. The number of aromatic nitrogens is 4. The fraction of sp³-hybridized carbons (Fsp3) is 0. The van der Waals surface area contributed by atoms with Gasteiger partial charge in [0.2, 0.25) is 0 Å². The van der Waals surface area contributed by atoms with Gasteiger partial charge in [0, 0.05) is 34.5 Å². The smallest absolute Gasteiger partial charge is 0.141 e. The van der Waals surface area contributed by atoms with Gasteiger partial charge in [0.05, 0.1) is 17.1 Å². The number of benzene rings is 2. The summed E-state index contributed by atoms with van der Waals surface area (Å²) >= 11 is 0. The van der Waals surface area contributed by atoms with Crippen LogP contribution in [-0.2, 0) is 0 Å². The van der Waals surface area contributed by atoms with Crippen LogP contribution in [0.5, 0.6) is 5.75 Å². The number of rotatable bonds is 3. The summed E-state index contributed by atoms with van der Waals surface area (Å²) in [4.78, 5) is 17.6. The molecule has 0 saturated carbocycles. The van der Waals surface area contributed by atoms with Gasteiger partial charge in [0.25, 0.3) is 0 Å². The van der Waals surface area contributed by atoms with Crippen molar-refractivity contribution in [2.75, 3.05) is 0 Å². The summed E-state index contributed by atoms with van der Waals surface area (Å²) in [6.45, 7) is 0. The van der Waals surface area contributed by atoms with Crippen molar-refractivity contribution in [1.29, 1.82) is 0 Å². The molecule has 0 bridgehead atoms. The normalized spacial score (nSPS) is 10.9. The van der Waals surface area contributed by atoms with Crippen LogP contribution in [0.3, 0.4) is 0 Å². The molecule has 0 atom stereocenters. The van der Waals surface area contributed by atoms with E-state index in [0.717, 1.165) is 39.2 Å². The number of phenols is 1. The number of fused-ring (bicyclic) bond motifs is 1. The van der Waals surface area contributed by atoms with Gasteiger partial charge in [0.15, 0.2) is 0 Å². The minimum Gasteiger partial charge on any atom is -0.506 e. The zero-order valence-corrected chi connectivity index (χ0v) is 15.4. The van der Waals surface area contributed by atoms with Crippen LogP contribution in [0, 0.1) is 0 Å². The lowest BCUT2D eigenvalue weighted by atomic mass is 10.0. The molecule has 0 spiro atoms. The molecule has 0 aliphatic heterocycles. The molecule has 0 aliphatic carbocycles. The molecule has 0 unspecified atom stereocenters. The van der Waals surface area contributed by atoms with Crippen LogP contribution >= 0.6 is 0 Å². The lowest BCUT2D eigenvalue weighted by molar-refractivity contribution is 0.480. The second-order valence-electron chi connectivity index (χ2n) is 6.66. The second-order valence-corrected chi connectivity index (χ2v) is 6.66. The number of para-hydroxylation sites is 1. The molecule has 2 aromatic carbocycles. The maximum absolute atomic E-state index is 10.1. The van der Waals surface area contributed by atoms with E-state index in [-0.39, 0.29) is 5.75 Å². The van der Waals surface area contributed by atoms with Gasteiger partial charge in [-0.2, -0.15) is 0 Å². The fourth-order valence-electron chi connectivity index (χ4n) is 3.32. The van der Waals surface area contributed by atoms with Crippen molar-refractivity contribution >= 4 is 10.9 Å². The Balaban J connectivity index is 1.57. The number of phenolic OH excluding ortho intramolecular Hbond substituents is 1. The fourth-order valence-corrected chi connectivity index (χ4v) is 3.32. The lowest BCUT2D eigenvalue weighted by Gasteiger charge is -2.08. The van der Waals surface area contributed by atoms with Crippen molar-refractivity contribution in [3.8, 4) is 39.5 Å². The first kappa shape index (κ1) is 17.0. The molecule has 1 N–H and O–H groups in total. The number of pyridine rings is 2. The molecule has 29 heavy (non-hydrogen) atoms. The van der Waals surface area contributed by atoms with Gasteiger partial charge in [-0.1, -0.05) is 36.4 Å². The first-order chi connectivity index (χ1) is 14.3. The van der Waals surface area contributed by atoms with Gasteiger partial charge < -0.3 is 5.11 Å². The predicted molar refractivity (Wildman–Crippen MR) is 113 cm³/mol. The average molecular weight is 376 g/mol. The maximum Gasteiger partial charge on any atom is 0.141 e. The molecule has 0 amide bonds. The predicted octanol–water partition coefficient (Wildman–Crippen LogP) is 5.13. The molecule has 138 valence electrons. The summed E-state index contributed by atoms with van der Waals surface area (Å²) in [5, 5.41) is 11.0. The Kier molecular flexibility index (Phi) is 4.18. The average Bonchev–Trinajstić information content (AvgIpc) is 2.80. The van der Waals surface area contributed by atoms with Crippen LogP contribution in [0.4, 0.5) is 0 Å². The van der Waals surface area contributed by atoms with E-state index in [9.17, 15) is 5.11 Å². The highest BCUT2D eigenvalue weighted by molar-refractivity contribution is 5.86. The number of hydrogen-bond acceptors (Lipinski definition) is 5. The monoisotopic (exact) mass is 376 g/mol. The molecule has 0 aliphatic rings. The number of hydrogen-bond donors (Lipinski definition) is 1. The molecule has 3 heterocycles. The van der Waals surface area contributed by atoms with Crippen molar-refractivity contribution in [1.82, 2.24) is 19.9 Å². The van der Waals surface area contributed by atoms with Gasteiger partial charge in [-0.15, -0.1) is 0 Å². The second kappa shape index (κ2) is 7.13. The van der Waals surface area contributed by atoms with E-state index in [4.69, 9.17) is 0 Å². The summed E-state index contributed by atoms with van der Waals surface area (Å²) in [5.41, 5.74) is 5.90. The summed E-state index contributed by atoms with van der Waals surface area (Å²) < 4.78 is 0. The highest BCUT2D eigenvalue weighted by Gasteiger charge is 2.08. The van der Waals surface area contributed by atoms with Gasteiger partial charge >= 0.3 is 0 Å². The van der Waals surface area contributed by atoms with Crippen LogP contribution in [0.2, 0.25) is 0 Å². The molecule has 0 radical (unpaired) electrons. The van der Waals surface area contributed by atoms with E-state index in [1.165, 1.54) is 0 Å². The molecule has 0 saturated heterocycles. The Morgan fingerprint density at radius 1 is 0.655 bits per heavy atom. The van der Waals surface area contributed by atoms with Crippen molar-refractivity contribution in [3.05, 3.63) is 91.5 Å². The van der Waals surface area contributed by atoms with Crippen molar-refractivity contribution in [2.45, 2.75) is 0 Å². The number of nitrogens with zero attached hydrogens (tertiary/aromatic N) is 4. The van der Waals surface area contributed by atoms with E-state index in [1.807, 2.05) is 66.7 Å². The Morgan fingerprint density at radius 2 is 1.41 bits per heavy atom. The molecule has 5 nitrogen and oxygen atoms in total. The topological polar surface area (TPSA) is 71.8 Å². The van der Waals surface area contributed by atoms with Crippen LogP contribution in [0.15, 0.2) is 91.5 Å². The summed E-state index contributed by atoms with van der Waals surface area (Å²) in [7, 11) is 0. The standard InChI is InChI=1S/C24H16N4O/c29-23-8-2-4-16-9-10-20(28-24(16)23)17-5-1-6-18(12-17)21-13-22(27-15-26-21)19-7-3-11-25-14-19/h1-15,29H. The van der Waals surface area contributed by atoms with Crippen molar-refractivity contribution in [2.24, 2.45) is 0 Å². The molecule has 5 aromatic rings.